The summed E-state index contributed by atoms with van der Waals surface area (Å²) < 4.78 is 0. The first-order valence-electron chi connectivity index (χ1n) is 4.59. The van der Waals surface area contributed by atoms with Crippen molar-refractivity contribution < 1.29 is 0 Å². The standard InChI is InChI=1S/C10H13NS.C2H6/c1-4-5-6-7-8-9(2)11-10(3)12;1-2/h4-8H,1-2H2,3H3,(H,11,12);1-2H3/b6-5-,8-7+;. The number of hydrogen-bond acceptors (Lipinski definition) is 1. The molecule has 0 saturated heterocycles. The summed E-state index contributed by atoms with van der Waals surface area (Å²) in [7, 11) is 0. The van der Waals surface area contributed by atoms with Gasteiger partial charge in [0, 0.05) is 5.70 Å². The molecule has 78 valence electrons. The van der Waals surface area contributed by atoms with Crippen LogP contribution in [0.2, 0.25) is 0 Å². The molecule has 14 heavy (non-hydrogen) atoms. The zero-order chi connectivity index (χ0) is 11.4. The van der Waals surface area contributed by atoms with Crippen LogP contribution in [0, 0.1) is 0 Å². The fraction of sp³-hybridized carbons (Fsp3) is 0.250. The highest BCUT2D eigenvalue weighted by Gasteiger charge is 1.84. The Morgan fingerprint density at radius 3 is 2.21 bits per heavy atom. The Morgan fingerprint density at radius 1 is 1.21 bits per heavy atom. The number of rotatable bonds is 4. The Hall–Kier alpha value is -1.15. The van der Waals surface area contributed by atoms with E-state index in [1.807, 2.05) is 45.1 Å². The zero-order valence-electron chi connectivity index (χ0n) is 9.21. The van der Waals surface area contributed by atoms with Crippen molar-refractivity contribution in [3.05, 3.63) is 49.2 Å². The van der Waals surface area contributed by atoms with Crippen LogP contribution in [0.25, 0.3) is 0 Å². The van der Waals surface area contributed by atoms with Crippen molar-refractivity contribution in [2.45, 2.75) is 20.8 Å². The fourth-order valence-electron chi connectivity index (χ4n) is 0.582. The molecule has 0 aromatic heterocycles. The third-order valence-electron chi connectivity index (χ3n) is 0.992. The van der Waals surface area contributed by atoms with Crippen molar-refractivity contribution in [2.24, 2.45) is 0 Å². The van der Waals surface area contributed by atoms with Crippen LogP contribution in [0.4, 0.5) is 0 Å². The molecule has 0 heterocycles. The molecule has 0 aromatic rings. The van der Waals surface area contributed by atoms with E-state index in [2.05, 4.69) is 18.5 Å². The van der Waals surface area contributed by atoms with Crippen LogP contribution in [0.5, 0.6) is 0 Å². The molecule has 0 aromatic carbocycles. The highest BCUT2D eigenvalue weighted by molar-refractivity contribution is 7.80. The molecule has 0 aliphatic heterocycles. The van der Waals surface area contributed by atoms with Crippen LogP contribution in [-0.4, -0.2) is 4.99 Å². The summed E-state index contributed by atoms with van der Waals surface area (Å²) in [6, 6.07) is 0. The highest BCUT2D eigenvalue weighted by Crippen LogP contribution is 1.88. The summed E-state index contributed by atoms with van der Waals surface area (Å²) in [6.07, 6.45) is 9.14. The number of hydrogen-bond donors (Lipinski definition) is 1. The first kappa shape index (κ1) is 15.3. The van der Waals surface area contributed by atoms with E-state index in [0.29, 0.717) is 0 Å². The van der Waals surface area contributed by atoms with Crippen molar-refractivity contribution in [3.63, 3.8) is 0 Å². The lowest BCUT2D eigenvalue weighted by atomic mass is 10.4. The largest absolute Gasteiger partial charge is 0.351 e. The fourth-order valence-corrected chi connectivity index (χ4v) is 0.713. The van der Waals surface area contributed by atoms with Gasteiger partial charge in [-0.15, -0.1) is 0 Å². The molecule has 0 bridgehead atoms. The Balaban J connectivity index is 0. The van der Waals surface area contributed by atoms with Gasteiger partial charge in [0.15, 0.2) is 0 Å². The first-order valence-corrected chi connectivity index (χ1v) is 5.00. The topological polar surface area (TPSA) is 12.0 Å². The van der Waals surface area contributed by atoms with E-state index < -0.39 is 0 Å². The lowest BCUT2D eigenvalue weighted by Crippen LogP contribution is -2.14. The van der Waals surface area contributed by atoms with Gasteiger partial charge in [0.2, 0.25) is 0 Å². The summed E-state index contributed by atoms with van der Waals surface area (Å²) in [5.41, 5.74) is 0.788. The third-order valence-corrected chi connectivity index (χ3v) is 1.09. The molecule has 0 fully saturated rings. The monoisotopic (exact) mass is 209 g/mol. The SMILES string of the molecule is C=C/C=C\C=C\C(=C)NC(C)=S.CC. The van der Waals surface area contributed by atoms with Crippen LogP contribution in [0.3, 0.4) is 0 Å². The Kier molecular flexibility index (Phi) is 13.0. The Labute approximate surface area is 92.9 Å². The molecule has 0 rings (SSSR count). The maximum atomic E-state index is 4.83. The molecule has 2 heteroatoms. The van der Waals surface area contributed by atoms with Crippen LogP contribution >= 0.6 is 12.2 Å². The van der Waals surface area contributed by atoms with E-state index in [1.165, 1.54) is 0 Å². The average Bonchev–Trinajstić information content (AvgIpc) is 2.15. The van der Waals surface area contributed by atoms with Crippen molar-refractivity contribution in [1.82, 2.24) is 5.32 Å². The van der Waals surface area contributed by atoms with Crippen LogP contribution < -0.4 is 5.32 Å². The lowest BCUT2D eigenvalue weighted by Gasteiger charge is -2.00. The maximum absolute atomic E-state index is 4.83. The maximum Gasteiger partial charge on any atom is 0.0765 e. The van der Waals surface area contributed by atoms with Gasteiger partial charge in [-0.05, 0) is 13.0 Å². The number of thiocarbonyl (C=S) groups is 1. The van der Waals surface area contributed by atoms with E-state index in [1.54, 1.807) is 6.08 Å². The van der Waals surface area contributed by atoms with Crippen molar-refractivity contribution in [2.75, 3.05) is 0 Å². The molecular weight excluding hydrogens is 190 g/mol. The van der Waals surface area contributed by atoms with Gasteiger partial charge in [-0.1, -0.05) is 63.5 Å². The summed E-state index contributed by atoms with van der Waals surface area (Å²) in [5, 5.41) is 2.91. The molecule has 0 radical (unpaired) electrons. The minimum absolute atomic E-state index is 0.720. The molecule has 0 aliphatic rings. The molecule has 1 nitrogen and oxygen atoms in total. The third kappa shape index (κ3) is 13.4. The molecule has 0 saturated carbocycles. The normalized spacial score (nSPS) is 9.36. The number of nitrogens with one attached hydrogen (secondary N) is 1. The van der Waals surface area contributed by atoms with Crippen LogP contribution in [0.15, 0.2) is 49.2 Å². The molecular formula is C12H19NS. The van der Waals surface area contributed by atoms with Gasteiger partial charge in [0.1, 0.15) is 0 Å². The van der Waals surface area contributed by atoms with Crippen molar-refractivity contribution in [3.8, 4) is 0 Å². The molecule has 1 N–H and O–H groups in total. The van der Waals surface area contributed by atoms with Gasteiger partial charge in [0.05, 0.1) is 4.99 Å². The smallest absolute Gasteiger partial charge is 0.0765 e. The van der Waals surface area contributed by atoms with Gasteiger partial charge in [-0.3, -0.25) is 0 Å². The quantitative estimate of drug-likeness (QED) is 0.559. The molecule has 0 unspecified atom stereocenters. The van der Waals surface area contributed by atoms with E-state index in [-0.39, 0.29) is 0 Å². The second-order valence-electron chi connectivity index (χ2n) is 2.19. The number of allylic oxidation sites excluding steroid dienone is 5. The molecule has 0 aliphatic carbocycles. The second-order valence-corrected chi connectivity index (χ2v) is 2.80. The summed E-state index contributed by atoms with van der Waals surface area (Å²) in [4.78, 5) is 0.720. The summed E-state index contributed by atoms with van der Waals surface area (Å²) in [6.45, 7) is 13.1. The van der Waals surface area contributed by atoms with Gasteiger partial charge < -0.3 is 5.32 Å². The second kappa shape index (κ2) is 11.8. The summed E-state index contributed by atoms with van der Waals surface area (Å²) >= 11 is 4.83. The van der Waals surface area contributed by atoms with Gasteiger partial charge in [-0.2, -0.15) is 0 Å². The Bertz CT molecular complexity index is 237. The Morgan fingerprint density at radius 2 is 1.79 bits per heavy atom. The van der Waals surface area contributed by atoms with Crippen LogP contribution in [0.1, 0.15) is 20.8 Å². The zero-order valence-corrected chi connectivity index (χ0v) is 10.0. The summed E-state index contributed by atoms with van der Waals surface area (Å²) in [5.74, 6) is 0. The minimum Gasteiger partial charge on any atom is -0.351 e. The van der Waals surface area contributed by atoms with E-state index in [9.17, 15) is 0 Å². The van der Waals surface area contributed by atoms with Crippen LogP contribution in [-0.2, 0) is 0 Å². The van der Waals surface area contributed by atoms with Gasteiger partial charge >= 0.3 is 0 Å². The van der Waals surface area contributed by atoms with Gasteiger partial charge in [-0.25, -0.2) is 0 Å². The van der Waals surface area contributed by atoms with Crippen molar-refractivity contribution in [1.29, 1.82) is 0 Å². The molecule has 0 spiro atoms. The van der Waals surface area contributed by atoms with E-state index in [0.717, 1.165) is 10.7 Å². The average molecular weight is 209 g/mol. The predicted molar refractivity (Wildman–Crippen MR) is 70.4 cm³/mol. The molecule has 0 amide bonds. The van der Waals surface area contributed by atoms with Crippen molar-refractivity contribution >= 4 is 17.2 Å². The minimum atomic E-state index is 0.720. The van der Waals surface area contributed by atoms with E-state index >= 15 is 0 Å². The highest BCUT2D eigenvalue weighted by atomic mass is 32.1. The van der Waals surface area contributed by atoms with E-state index in [4.69, 9.17) is 12.2 Å². The van der Waals surface area contributed by atoms with Gasteiger partial charge in [0.25, 0.3) is 0 Å². The lowest BCUT2D eigenvalue weighted by molar-refractivity contribution is 1.21. The first-order chi connectivity index (χ1) is 6.66. The predicted octanol–water partition coefficient (Wildman–Crippen LogP) is 3.76. The molecule has 0 atom stereocenters.